The molecule has 0 atom stereocenters. The second kappa shape index (κ2) is 5.31. The Hall–Kier alpha value is -1.36. The summed E-state index contributed by atoms with van der Waals surface area (Å²) in [5, 5.41) is 12.6. The van der Waals surface area contributed by atoms with Crippen molar-refractivity contribution in [3.63, 3.8) is 0 Å². The van der Waals surface area contributed by atoms with Crippen LogP contribution in [0.2, 0.25) is 0 Å². The van der Waals surface area contributed by atoms with Crippen molar-refractivity contribution >= 4 is 11.8 Å². The van der Waals surface area contributed by atoms with E-state index < -0.39 is 0 Å². The molecule has 2 aromatic rings. The van der Waals surface area contributed by atoms with Crippen molar-refractivity contribution in [2.24, 2.45) is 0 Å². The van der Waals surface area contributed by atoms with Gasteiger partial charge < -0.3 is 0 Å². The van der Waals surface area contributed by atoms with E-state index >= 15 is 0 Å². The molecule has 17 heavy (non-hydrogen) atoms. The normalized spacial score (nSPS) is 11.1. The number of aryl methyl sites for hydroxylation is 1. The zero-order valence-corrected chi connectivity index (χ0v) is 11.1. The lowest BCUT2D eigenvalue weighted by Gasteiger charge is -2.08. The number of hydrogen-bond acceptors (Lipinski definition) is 4. The summed E-state index contributed by atoms with van der Waals surface area (Å²) in [5.74, 6) is 0.903. The van der Waals surface area contributed by atoms with Gasteiger partial charge >= 0.3 is 0 Å². The minimum atomic E-state index is 0.296. The first kappa shape index (κ1) is 12.1. The SMILES string of the molecule is Cc1ccccc1CSc1nnnn1C(C)C. The Labute approximate surface area is 105 Å². The van der Waals surface area contributed by atoms with E-state index in [-0.39, 0.29) is 0 Å². The molecular weight excluding hydrogens is 232 g/mol. The lowest BCUT2D eigenvalue weighted by molar-refractivity contribution is 0.477. The predicted octanol–water partition coefficient (Wildman–Crippen LogP) is 2.85. The average molecular weight is 248 g/mol. The Balaban J connectivity index is 2.08. The molecule has 0 amide bonds. The lowest BCUT2D eigenvalue weighted by Crippen LogP contribution is -2.04. The van der Waals surface area contributed by atoms with E-state index in [2.05, 4.69) is 60.6 Å². The molecule has 0 aliphatic carbocycles. The summed E-state index contributed by atoms with van der Waals surface area (Å²) < 4.78 is 1.85. The molecule has 0 radical (unpaired) electrons. The number of benzene rings is 1. The highest BCUT2D eigenvalue weighted by Gasteiger charge is 2.10. The van der Waals surface area contributed by atoms with E-state index in [0.717, 1.165) is 10.9 Å². The van der Waals surface area contributed by atoms with Crippen molar-refractivity contribution in [3.8, 4) is 0 Å². The van der Waals surface area contributed by atoms with Gasteiger partial charge in [-0.1, -0.05) is 36.0 Å². The van der Waals surface area contributed by atoms with Gasteiger partial charge in [0.1, 0.15) is 0 Å². The van der Waals surface area contributed by atoms with Crippen LogP contribution in [-0.4, -0.2) is 20.2 Å². The smallest absolute Gasteiger partial charge is 0.209 e. The molecule has 1 aromatic carbocycles. The number of hydrogen-bond donors (Lipinski definition) is 0. The first-order chi connectivity index (χ1) is 8.18. The number of rotatable bonds is 4. The summed E-state index contributed by atoms with van der Waals surface area (Å²) in [4.78, 5) is 0. The Morgan fingerprint density at radius 3 is 2.76 bits per heavy atom. The van der Waals surface area contributed by atoms with Gasteiger partial charge in [-0.25, -0.2) is 4.68 Å². The maximum atomic E-state index is 4.05. The van der Waals surface area contributed by atoms with Crippen LogP contribution in [0.4, 0.5) is 0 Å². The summed E-state index contributed by atoms with van der Waals surface area (Å²) in [7, 11) is 0. The predicted molar refractivity (Wildman–Crippen MR) is 68.9 cm³/mol. The first-order valence-electron chi connectivity index (χ1n) is 5.63. The van der Waals surface area contributed by atoms with E-state index in [9.17, 15) is 0 Å². The monoisotopic (exact) mass is 248 g/mol. The van der Waals surface area contributed by atoms with Crippen LogP contribution in [0.25, 0.3) is 0 Å². The Bertz CT molecular complexity index is 493. The number of thioether (sulfide) groups is 1. The quantitative estimate of drug-likeness (QED) is 0.780. The molecule has 0 fully saturated rings. The summed E-state index contributed by atoms with van der Waals surface area (Å²) >= 11 is 1.68. The molecule has 0 unspecified atom stereocenters. The largest absolute Gasteiger partial charge is 0.218 e. The molecule has 0 spiro atoms. The van der Waals surface area contributed by atoms with Gasteiger partial charge in [-0.05, 0) is 42.3 Å². The third-order valence-electron chi connectivity index (χ3n) is 2.57. The van der Waals surface area contributed by atoms with Crippen LogP contribution in [-0.2, 0) is 5.75 Å². The molecule has 0 saturated carbocycles. The van der Waals surface area contributed by atoms with Gasteiger partial charge in [-0.2, -0.15) is 0 Å². The molecule has 0 aliphatic rings. The molecule has 4 nitrogen and oxygen atoms in total. The van der Waals surface area contributed by atoms with E-state index in [4.69, 9.17) is 0 Å². The highest BCUT2D eigenvalue weighted by Crippen LogP contribution is 2.23. The second-order valence-corrected chi connectivity index (χ2v) is 5.16. The molecule has 5 heteroatoms. The molecule has 90 valence electrons. The fraction of sp³-hybridized carbons (Fsp3) is 0.417. The van der Waals surface area contributed by atoms with Gasteiger partial charge in [0.25, 0.3) is 0 Å². The van der Waals surface area contributed by atoms with Crippen LogP contribution in [0.3, 0.4) is 0 Å². The zero-order valence-electron chi connectivity index (χ0n) is 10.3. The highest BCUT2D eigenvalue weighted by atomic mass is 32.2. The van der Waals surface area contributed by atoms with Crippen LogP contribution in [0.5, 0.6) is 0 Å². The molecule has 1 heterocycles. The Morgan fingerprint density at radius 1 is 1.29 bits per heavy atom. The number of nitrogens with zero attached hydrogens (tertiary/aromatic N) is 4. The van der Waals surface area contributed by atoms with Crippen molar-refractivity contribution in [1.82, 2.24) is 20.2 Å². The minimum absolute atomic E-state index is 0.296. The van der Waals surface area contributed by atoms with Crippen LogP contribution in [0, 0.1) is 6.92 Å². The summed E-state index contributed by atoms with van der Waals surface area (Å²) in [6, 6.07) is 8.69. The zero-order chi connectivity index (χ0) is 12.3. The van der Waals surface area contributed by atoms with Gasteiger partial charge in [0.2, 0.25) is 5.16 Å². The number of aromatic nitrogens is 4. The van der Waals surface area contributed by atoms with E-state index in [1.54, 1.807) is 11.8 Å². The first-order valence-corrected chi connectivity index (χ1v) is 6.62. The van der Waals surface area contributed by atoms with E-state index in [0.29, 0.717) is 6.04 Å². The molecule has 0 saturated heterocycles. The third kappa shape index (κ3) is 2.85. The van der Waals surface area contributed by atoms with E-state index in [1.807, 2.05) is 4.68 Å². The molecular formula is C12H16N4S. The molecule has 0 bridgehead atoms. The minimum Gasteiger partial charge on any atom is -0.218 e. The maximum Gasteiger partial charge on any atom is 0.209 e. The average Bonchev–Trinajstić information content (AvgIpc) is 2.76. The highest BCUT2D eigenvalue weighted by molar-refractivity contribution is 7.98. The standard InChI is InChI=1S/C12H16N4S/c1-9(2)16-12(13-14-15-16)17-8-11-7-5-4-6-10(11)3/h4-7,9H,8H2,1-3H3. The second-order valence-electron chi connectivity index (χ2n) is 4.21. The van der Waals surface area contributed by atoms with Crippen molar-refractivity contribution in [2.75, 3.05) is 0 Å². The fourth-order valence-electron chi connectivity index (χ4n) is 1.52. The van der Waals surface area contributed by atoms with Crippen LogP contribution >= 0.6 is 11.8 Å². The molecule has 1 aromatic heterocycles. The van der Waals surface area contributed by atoms with Gasteiger partial charge in [0.05, 0.1) is 6.04 Å². The van der Waals surface area contributed by atoms with Crippen LogP contribution in [0.15, 0.2) is 29.4 Å². The topological polar surface area (TPSA) is 43.6 Å². The van der Waals surface area contributed by atoms with Crippen molar-refractivity contribution in [3.05, 3.63) is 35.4 Å². The molecule has 0 aliphatic heterocycles. The van der Waals surface area contributed by atoms with Gasteiger partial charge in [-0.15, -0.1) is 5.10 Å². The Kier molecular flexibility index (Phi) is 3.78. The van der Waals surface area contributed by atoms with E-state index in [1.165, 1.54) is 11.1 Å². The fourth-order valence-corrected chi connectivity index (χ4v) is 2.60. The third-order valence-corrected chi connectivity index (χ3v) is 3.55. The molecule has 0 N–H and O–H groups in total. The lowest BCUT2D eigenvalue weighted by atomic mass is 10.1. The van der Waals surface area contributed by atoms with Gasteiger partial charge in [-0.3, -0.25) is 0 Å². The van der Waals surface area contributed by atoms with Crippen molar-refractivity contribution < 1.29 is 0 Å². The Morgan fingerprint density at radius 2 is 2.06 bits per heavy atom. The van der Waals surface area contributed by atoms with Gasteiger partial charge in [0, 0.05) is 5.75 Å². The number of tetrazole rings is 1. The van der Waals surface area contributed by atoms with Crippen molar-refractivity contribution in [1.29, 1.82) is 0 Å². The maximum absolute atomic E-state index is 4.05. The van der Waals surface area contributed by atoms with Crippen LogP contribution in [0.1, 0.15) is 31.0 Å². The van der Waals surface area contributed by atoms with Crippen LogP contribution < -0.4 is 0 Å². The molecule has 2 rings (SSSR count). The summed E-state index contributed by atoms with van der Waals surface area (Å²) in [6.07, 6.45) is 0. The van der Waals surface area contributed by atoms with Gasteiger partial charge in [0.15, 0.2) is 0 Å². The van der Waals surface area contributed by atoms with Crippen molar-refractivity contribution in [2.45, 2.75) is 37.7 Å². The summed E-state index contributed by atoms with van der Waals surface area (Å²) in [5.41, 5.74) is 2.64. The summed E-state index contributed by atoms with van der Waals surface area (Å²) in [6.45, 7) is 6.28.